The van der Waals surface area contributed by atoms with Crippen LogP contribution in [0.4, 0.5) is 5.69 Å². The number of methoxy groups -OCH3 is 1. The number of ether oxygens (including phenoxy) is 2. The second kappa shape index (κ2) is 7.50. The summed E-state index contributed by atoms with van der Waals surface area (Å²) in [5, 5.41) is 3.29. The third-order valence-corrected chi connectivity index (χ3v) is 3.48. The predicted octanol–water partition coefficient (Wildman–Crippen LogP) is 3.88. The number of carbonyl (C=O) groups excluding carboxylic acids is 1. The van der Waals surface area contributed by atoms with Gasteiger partial charge < -0.3 is 14.8 Å². The first-order chi connectivity index (χ1) is 9.46. The molecule has 20 heavy (non-hydrogen) atoms. The van der Waals surface area contributed by atoms with Crippen molar-refractivity contribution in [3.63, 3.8) is 0 Å². The summed E-state index contributed by atoms with van der Waals surface area (Å²) < 4.78 is 10.7. The molecule has 0 aliphatic carbocycles. The van der Waals surface area contributed by atoms with Crippen LogP contribution in [-0.2, 0) is 9.53 Å². The number of hydrogen-bond acceptors (Lipinski definition) is 3. The van der Waals surface area contributed by atoms with Gasteiger partial charge in [0.25, 0.3) is 5.91 Å². The van der Waals surface area contributed by atoms with Crippen LogP contribution in [0.5, 0.6) is 5.75 Å². The Morgan fingerprint density at radius 1 is 1.40 bits per heavy atom. The Kier molecular flexibility index (Phi) is 6.30. The molecular formula is C15H22ClNO3. The molecule has 0 saturated heterocycles. The molecule has 1 rings (SSSR count). The van der Waals surface area contributed by atoms with Gasteiger partial charge in [0.1, 0.15) is 11.4 Å². The highest BCUT2D eigenvalue weighted by molar-refractivity contribution is 6.32. The molecule has 1 amide bonds. The van der Waals surface area contributed by atoms with Crippen LogP contribution in [0, 0.1) is 0 Å². The van der Waals surface area contributed by atoms with Crippen molar-refractivity contribution in [1.29, 1.82) is 0 Å². The molecule has 1 aromatic rings. The van der Waals surface area contributed by atoms with Crippen LogP contribution in [0.15, 0.2) is 18.2 Å². The van der Waals surface area contributed by atoms with E-state index in [1.807, 2.05) is 13.8 Å². The topological polar surface area (TPSA) is 47.6 Å². The van der Waals surface area contributed by atoms with E-state index in [0.29, 0.717) is 29.5 Å². The monoisotopic (exact) mass is 299 g/mol. The van der Waals surface area contributed by atoms with E-state index in [9.17, 15) is 4.79 Å². The van der Waals surface area contributed by atoms with Crippen molar-refractivity contribution in [3.05, 3.63) is 23.2 Å². The lowest BCUT2D eigenvalue weighted by Crippen LogP contribution is -2.42. The average Bonchev–Trinajstić information content (AvgIpc) is 2.44. The van der Waals surface area contributed by atoms with Crippen molar-refractivity contribution in [2.75, 3.05) is 19.0 Å². The molecule has 4 nitrogen and oxygen atoms in total. The molecule has 112 valence electrons. The summed E-state index contributed by atoms with van der Waals surface area (Å²) in [6.07, 6.45) is 1.47. The quantitative estimate of drug-likeness (QED) is 0.831. The van der Waals surface area contributed by atoms with Crippen LogP contribution in [0.2, 0.25) is 5.02 Å². The van der Waals surface area contributed by atoms with E-state index in [-0.39, 0.29) is 5.91 Å². The van der Waals surface area contributed by atoms with Gasteiger partial charge in [0.2, 0.25) is 0 Å². The van der Waals surface area contributed by atoms with Crippen molar-refractivity contribution < 1.29 is 14.3 Å². The third-order valence-electron chi connectivity index (χ3n) is 3.19. The van der Waals surface area contributed by atoms with E-state index < -0.39 is 5.60 Å². The smallest absolute Gasteiger partial charge is 0.256 e. The standard InChI is InChI=1S/C15H22ClNO3/c1-5-9-20-15(3,6-2)14(18)17-11-7-8-13(19-4)12(16)10-11/h7-8,10H,5-6,9H2,1-4H3,(H,17,18). The minimum Gasteiger partial charge on any atom is -0.495 e. The van der Waals surface area contributed by atoms with E-state index in [2.05, 4.69) is 5.32 Å². The molecule has 1 N–H and O–H groups in total. The van der Waals surface area contributed by atoms with Gasteiger partial charge in [-0.2, -0.15) is 0 Å². The second-order valence-electron chi connectivity index (χ2n) is 4.74. The number of hydrogen-bond donors (Lipinski definition) is 1. The molecule has 0 saturated carbocycles. The molecule has 0 fully saturated rings. The molecule has 0 bridgehead atoms. The summed E-state index contributed by atoms with van der Waals surface area (Å²) in [6, 6.07) is 5.13. The summed E-state index contributed by atoms with van der Waals surface area (Å²) >= 11 is 6.04. The maximum absolute atomic E-state index is 12.3. The first kappa shape index (κ1) is 16.8. The fraction of sp³-hybridized carbons (Fsp3) is 0.533. The van der Waals surface area contributed by atoms with Crippen LogP contribution in [0.1, 0.15) is 33.6 Å². The summed E-state index contributed by atoms with van der Waals surface area (Å²) in [7, 11) is 1.55. The lowest BCUT2D eigenvalue weighted by atomic mass is 10.0. The Labute approximate surface area is 125 Å². The number of halogens is 1. The highest BCUT2D eigenvalue weighted by Crippen LogP contribution is 2.28. The van der Waals surface area contributed by atoms with Crippen molar-refractivity contribution in [3.8, 4) is 5.75 Å². The molecule has 0 radical (unpaired) electrons. The highest BCUT2D eigenvalue weighted by atomic mass is 35.5. The fourth-order valence-corrected chi connectivity index (χ4v) is 1.92. The third kappa shape index (κ3) is 4.12. The Balaban J connectivity index is 2.80. The second-order valence-corrected chi connectivity index (χ2v) is 5.14. The van der Waals surface area contributed by atoms with Gasteiger partial charge >= 0.3 is 0 Å². The summed E-state index contributed by atoms with van der Waals surface area (Å²) in [5.74, 6) is 0.403. The largest absolute Gasteiger partial charge is 0.495 e. The average molecular weight is 300 g/mol. The molecule has 0 spiro atoms. The van der Waals surface area contributed by atoms with Crippen LogP contribution in [0.3, 0.4) is 0 Å². The van der Waals surface area contributed by atoms with Gasteiger partial charge in [-0.05, 0) is 38.0 Å². The Bertz CT molecular complexity index is 464. The van der Waals surface area contributed by atoms with Gasteiger partial charge in [0, 0.05) is 12.3 Å². The Hall–Kier alpha value is -1.26. The van der Waals surface area contributed by atoms with Gasteiger partial charge in [-0.25, -0.2) is 0 Å². The van der Waals surface area contributed by atoms with Gasteiger partial charge in [0.05, 0.1) is 12.1 Å². The van der Waals surface area contributed by atoms with Crippen LogP contribution in [0.25, 0.3) is 0 Å². The zero-order valence-corrected chi connectivity index (χ0v) is 13.2. The normalized spacial score (nSPS) is 13.7. The van der Waals surface area contributed by atoms with Gasteiger partial charge in [-0.15, -0.1) is 0 Å². The number of rotatable bonds is 7. The molecule has 1 unspecified atom stereocenters. The minimum absolute atomic E-state index is 0.172. The first-order valence-corrected chi connectivity index (χ1v) is 7.13. The summed E-state index contributed by atoms with van der Waals surface area (Å²) in [6.45, 7) is 6.29. The highest BCUT2D eigenvalue weighted by Gasteiger charge is 2.32. The first-order valence-electron chi connectivity index (χ1n) is 6.75. The van der Waals surface area contributed by atoms with E-state index in [1.165, 1.54) is 0 Å². The molecule has 1 aromatic carbocycles. The number of nitrogens with one attached hydrogen (secondary N) is 1. The van der Waals surface area contributed by atoms with E-state index >= 15 is 0 Å². The van der Waals surface area contributed by atoms with E-state index in [1.54, 1.807) is 32.2 Å². The zero-order valence-electron chi connectivity index (χ0n) is 12.5. The fourth-order valence-electron chi connectivity index (χ4n) is 1.66. The van der Waals surface area contributed by atoms with E-state index in [4.69, 9.17) is 21.1 Å². The number of carbonyl (C=O) groups is 1. The van der Waals surface area contributed by atoms with Gasteiger partial charge in [-0.1, -0.05) is 25.4 Å². The Morgan fingerprint density at radius 2 is 2.10 bits per heavy atom. The lowest BCUT2D eigenvalue weighted by molar-refractivity contribution is -0.139. The van der Waals surface area contributed by atoms with Crippen LogP contribution >= 0.6 is 11.6 Å². The molecule has 5 heteroatoms. The number of benzene rings is 1. The number of anilines is 1. The maximum Gasteiger partial charge on any atom is 0.256 e. The van der Waals surface area contributed by atoms with Gasteiger partial charge in [-0.3, -0.25) is 4.79 Å². The minimum atomic E-state index is -0.831. The van der Waals surface area contributed by atoms with Crippen molar-refractivity contribution >= 4 is 23.2 Å². The predicted molar refractivity (Wildman–Crippen MR) is 81.6 cm³/mol. The lowest BCUT2D eigenvalue weighted by Gasteiger charge is -2.27. The molecule has 0 aromatic heterocycles. The van der Waals surface area contributed by atoms with Gasteiger partial charge in [0.15, 0.2) is 0 Å². The zero-order chi connectivity index (χ0) is 15.2. The molecule has 0 heterocycles. The van der Waals surface area contributed by atoms with E-state index in [0.717, 1.165) is 6.42 Å². The van der Waals surface area contributed by atoms with Crippen molar-refractivity contribution in [1.82, 2.24) is 0 Å². The van der Waals surface area contributed by atoms with Crippen LogP contribution in [-0.4, -0.2) is 25.2 Å². The Morgan fingerprint density at radius 3 is 2.60 bits per heavy atom. The van der Waals surface area contributed by atoms with Crippen molar-refractivity contribution in [2.45, 2.75) is 39.2 Å². The van der Waals surface area contributed by atoms with Crippen molar-refractivity contribution in [2.24, 2.45) is 0 Å². The molecule has 0 aliphatic heterocycles. The SMILES string of the molecule is CCCOC(C)(CC)C(=O)Nc1ccc(OC)c(Cl)c1. The summed E-state index contributed by atoms with van der Waals surface area (Å²) in [5.41, 5.74) is -0.205. The molecular weight excluding hydrogens is 278 g/mol. The summed E-state index contributed by atoms with van der Waals surface area (Å²) in [4.78, 5) is 12.3. The molecule has 0 aliphatic rings. The molecule has 1 atom stereocenters. The number of amides is 1. The van der Waals surface area contributed by atoms with Crippen LogP contribution < -0.4 is 10.1 Å². The maximum atomic E-state index is 12.3.